The van der Waals surface area contributed by atoms with Crippen molar-refractivity contribution in [3.8, 4) is 0 Å². The molecule has 1 aliphatic heterocycles. The van der Waals surface area contributed by atoms with Crippen molar-refractivity contribution < 1.29 is 0 Å². The van der Waals surface area contributed by atoms with Crippen LogP contribution in [0, 0.1) is 0 Å². The number of rotatable bonds is 3. The predicted octanol–water partition coefficient (Wildman–Crippen LogP) is 2.40. The summed E-state index contributed by atoms with van der Waals surface area (Å²) in [6, 6.07) is 2.65. The van der Waals surface area contributed by atoms with E-state index < -0.39 is 0 Å². The molecule has 0 aromatic carbocycles. The van der Waals surface area contributed by atoms with Gasteiger partial charge in [0.1, 0.15) is 5.82 Å². The average molecular weight is 272 g/mol. The fourth-order valence-corrected chi connectivity index (χ4v) is 3.20. The molecule has 0 amide bonds. The maximum absolute atomic E-state index is 6.13. The molecule has 2 heterocycles. The number of nitrogens with one attached hydrogen (secondary N) is 1. The maximum Gasteiger partial charge on any atom is 0.129 e. The second kappa shape index (κ2) is 5.94. The molecular formula is C12H18ClN3S. The Bertz CT molecular complexity index is 386. The highest BCUT2D eigenvalue weighted by molar-refractivity contribution is 7.99. The molecule has 1 saturated heterocycles. The molecule has 17 heavy (non-hydrogen) atoms. The van der Waals surface area contributed by atoms with Crippen molar-refractivity contribution >= 4 is 29.2 Å². The summed E-state index contributed by atoms with van der Waals surface area (Å²) in [5, 5.41) is 3.87. The van der Waals surface area contributed by atoms with E-state index in [1.54, 1.807) is 6.20 Å². The van der Waals surface area contributed by atoms with Gasteiger partial charge in [-0.3, -0.25) is 0 Å². The SMILES string of the molecule is CNCc1cc(N2CCSCC2C)ncc1Cl. The Labute approximate surface area is 112 Å². The van der Waals surface area contributed by atoms with Crippen LogP contribution in [-0.2, 0) is 6.54 Å². The molecule has 1 fully saturated rings. The fourth-order valence-electron chi connectivity index (χ4n) is 2.02. The summed E-state index contributed by atoms with van der Waals surface area (Å²) in [5.41, 5.74) is 1.12. The molecule has 0 radical (unpaired) electrons. The van der Waals surface area contributed by atoms with Gasteiger partial charge in [0, 0.05) is 36.8 Å². The van der Waals surface area contributed by atoms with Crippen LogP contribution in [0.2, 0.25) is 5.02 Å². The quantitative estimate of drug-likeness (QED) is 0.914. The molecule has 0 spiro atoms. The van der Waals surface area contributed by atoms with Gasteiger partial charge < -0.3 is 10.2 Å². The van der Waals surface area contributed by atoms with Crippen molar-refractivity contribution in [3.05, 3.63) is 22.8 Å². The van der Waals surface area contributed by atoms with E-state index in [1.807, 2.05) is 18.8 Å². The van der Waals surface area contributed by atoms with Crippen LogP contribution < -0.4 is 10.2 Å². The van der Waals surface area contributed by atoms with Crippen molar-refractivity contribution in [2.45, 2.75) is 19.5 Å². The van der Waals surface area contributed by atoms with E-state index >= 15 is 0 Å². The molecule has 2 rings (SSSR count). The van der Waals surface area contributed by atoms with Gasteiger partial charge in [-0.1, -0.05) is 11.6 Å². The molecule has 0 bridgehead atoms. The van der Waals surface area contributed by atoms with Crippen LogP contribution in [0.1, 0.15) is 12.5 Å². The zero-order valence-corrected chi connectivity index (χ0v) is 11.8. The molecule has 1 atom stereocenters. The summed E-state index contributed by atoms with van der Waals surface area (Å²) in [5.74, 6) is 3.40. The van der Waals surface area contributed by atoms with Gasteiger partial charge in [0.2, 0.25) is 0 Å². The van der Waals surface area contributed by atoms with Crippen LogP contribution in [0.3, 0.4) is 0 Å². The third-order valence-electron chi connectivity index (χ3n) is 2.95. The van der Waals surface area contributed by atoms with Crippen molar-refractivity contribution in [3.63, 3.8) is 0 Å². The van der Waals surface area contributed by atoms with Crippen LogP contribution in [0.15, 0.2) is 12.3 Å². The van der Waals surface area contributed by atoms with Crippen LogP contribution >= 0.6 is 23.4 Å². The van der Waals surface area contributed by atoms with Crippen LogP contribution in [0.25, 0.3) is 0 Å². The molecule has 1 unspecified atom stereocenters. The van der Waals surface area contributed by atoms with Gasteiger partial charge in [0.15, 0.2) is 0 Å². The summed E-state index contributed by atoms with van der Waals surface area (Å²) in [4.78, 5) is 6.82. The topological polar surface area (TPSA) is 28.2 Å². The van der Waals surface area contributed by atoms with Crippen molar-refractivity contribution in [2.24, 2.45) is 0 Å². The van der Waals surface area contributed by atoms with Crippen molar-refractivity contribution in [2.75, 3.05) is 30.0 Å². The Morgan fingerprint density at radius 2 is 2.47 bits per heavy atom. The minimum atomic E-state index is 0.546. The minimum Gasteiger partial charge on any atom is -0.352 e. The second-order valence-corrected chi connectivity index (χ2v) is 5.84. The maximum atomic E-state index is 6.13. The monoisotopic (exact) mass is 271 g/mol. The molecule has 3 nitrogen and oxygen atoms in total. The molecule has 0 aliphatic carbocycles. The fraction of sp³-hybridized carbons (Fsp3) is 0.583. The Hall–Kier alpha value is -0.450. The van der Waals surface area contributed by atoms with E-state index in [9.17, 15) is 0 Å². The third kappa shape index (κ3) is 3.06. The smallest absolute Gasteiger partial charge is 0.129 e. The highest BCUT2D eigenvalue weighted by Crippen LogP contribution is 2.25. The van der Waals surface area contributed by atoms with Gasteiger partial charge in [0.25, 0.3) is 0 Å². The summed E-state index contributed by atoms with van der Waals surface area (Å²) in [6.07, 6.45) is 1.76. The molecule has 0 saturated carbocycles. The Balaban J connectivity index is 2.22. The summed E-state index contributed by atoms with van der Waals surface area (Å²) >= 11 is 8.14. The molecule has 1 aromatic heterocycles. The van der Waals surface area contributed by atoms with Crippen LogP contribution in [0.5, 0.6) is 0 Å². The number of hydrogen-bond acceptors (Lipinski definition) is 4. The Kier molecular flexibility index (Phi) is 4.54. The number of halogens is 1. The highest BCUT2D eigenvalue weighted by atomic mass is 35.5. The molecule has 1 aromatic rings. The van der Waals surface area contributed by atoms with Gasteiger partial charge in [-0.05, 0) is 25.6 Å². The normalized spacial score (nSPS) is 20.6. The lowest BCUT2D eigenvalue weighted by molar-refractivity contribution is 0.688. The largest absolute Gasteiger partial charge is 0.352 e. The first kappa shape index (κ1) is 13.0. The number of nitrogens with zero attached hydrogens (tertiary/aromatic N) is 2. The van der Waals surface area contributed by atoms with E-state index in [1.165, 1.54) is 11.5 Å². The number of aromatic nitrogens is 1. The van der Waals surface area contributed by atoms with E-state index in [2.05, 4.69) is 28.2 Å². The van der Waals surface area contributed by atoms with E-state index in [0.717, 1.165) is 29.5 Å². The first-order valence-electron chi connectivity index (χ1n) is 5.85. The number of anilines is 1. The van der Waals surface area contributed by atoms with Gasteiger partial charge in [0.05, 0.1) is 5.02 Å². The summed E-state index contributed by atoms with van der Waals surface area (Å²) in [7, 11) is 1.93. The number of hydrogen-bond donors (Lipinski definition) is 1. The molecule has 1 N–H and O–H groups in total. The van der Waals surface area contributed by atoms with Crippen molar-refractivity contribution in [1.29, 1.82) is 0 Å². The summed E-state index contributed by atoms with van der Waals surface area (Å²) in [6.45, 7) is 4.10. The first-order chi connectivity index (χ1) is 8.22. The standard InChI is InChI=1S/C12H18ClN3S/c1-9-8-17-4-3-16(9)12-5-10(6-14-2)11(13)7-15-12/h5,7,9,14H,3-4,6,8H2,1-2H3. The predicted molar refractivity (Wildman–Crippen MR) is 76.1 cm³/mol. The Morgan fingerprint density at radius 3 is 3.18 bits per heavy atom. The number of thioether (sulfide) groups is 1. The van der Waals surface area contributed by atoms with E-state index in [4.69, 9.17) is 11.6 Å². The van der Waals surface area contributed by atoms with Gasteiger partial charge >= 0.3 is 0 Å². The minimum absolute atomic E-state index is 0.546. The highest BCUT2D eigenvalue weighted by Gasteiger charge is 2.20. The molecular weight excluding hydrogens is 254 g/mol. The Morgan fingerprint density at radius 1 is 1.65 bits per heavy atom. The van der Waals surface area contributed by atoms with Gasteiger partial charge in [-0.15, -0.1) is 0 Å². The van der Waals surface area contributed by atoms with Gasteiger partial charge in [-0.2, -0.15) is 11.8 Å². The van der Waals surface area contributed by atoms with Gasteiger partial charge in [-0.25, -0.2) is 4.98 Å². The summed E-state index contributed by atoms with van der Waals surface area (Å²) < 4.78 is 0. The van der Waals surface area contributed by atoms with E-state index in [-0.39, 0.29) is 0 Å². The lowest BCUT2D eigenvalue weighted by Gasteiger charge is -2.34. The average Bonchev–Trinajstić information content (AvgIpc) is 2.33. The number of pyridine rings is 1. The third-order valence-corrected chi connectivity index (χ3v) is 4.48. The second-order valence-electron chi connectivity index (χ2n) is 4.28. The lowest BCUT2D eigenvalue weighted by Crippen LogP contribution is -2.40. The molecule has 1 aliphatic rings. The van der Waals surface area contributed by atoms with Crippen molar-refractivity contribution in [1.82, 2.24) is 10.3 Å². The van der Waals surface area contributed by atoms with Crippen LogP contribution in [-0.4, -0.2) is 36.1 Å². The van der Waals surface area contributed by atoms with Crippen LogP contribution in [0.4, 0.5) is 5.82 Å². The molecule has 5 heteroatoms. The zero-order chi connectivity index (χ0) is 12.3. The van der Waals surface area contributed by atoms with E-state index in [0.29, 0.717) is 6.04 Å². The lowest BCUT2D eigenvalue weighted by atomic mass is 10.2. The molecule has 94 valence electrons. The zero-order valence-electron chi connectivity index (χ0n) is 10.2. The first-order valence-corrected chi connectivity index (χ1v) is 7.39.